The van der Waals surface area contributed by atoms with Gasteiger partial charge in [0.1, 0.15) is 0 Å². The Labute approximate surface area is 108 Å². The fourth-order valence-corrected chi connectivity index (χ4v) is 4.26. The lowest BCUT2D eigenvalue weighted by atomic mass is 9.89. The molecule has 1 fully saturated rings. The van der Waals surface area contributed by atoms with E-state index in [1.165, 1.54) is 11.3 Å². The van der Waals surface area contributed by atoms with Gasteiger partial charge in [-0.15, -0.1) is 11.3 Å². The molecule has 1 aliphatic rings. The maximum atomic E-state index is 11.8. The van der Waals surface area contributed by atoms with Gasteiger partial charge >= 0.3 is 0 Å². The first-order valence-electron chi connectivity index (χ1n) is 4.50. The Morgan fingerprint density at radius 1 is 1.53 bits per heavy atom. The van der Waals surface area contributed by atoms with Crippen LogP contribution in [0.5, 0.6) is 0 Å². The van der Waals surface area contributed by atoms with Gasteiger partial charge in [-0.1, -0.05) is 0 Å². The van der Waals surface area contributed by atoms with Crippen LogP contribution in [0.2, 0.25) is 0 Å². The van der Waals surface area contributed by atoms with Crippen LogP contribution in [-0.2, 0) is 0 Å². The molecule has 0 radical (unpaired) electrons. The van der Waals surface area contributed by atoms with Crippen molar-refractivity contribution in [3.05, 3.63) is 19.2 Å². The number of thiophene rings is 1. The third-order valence-corrected chi connectivity index (χ3v) is 4.69. The number of rotatable bonds is 2. The summed E-state index contributed by atoms with van der Waals surface area (Å²) in [6, 6.07) is 1.91. The number of carbonyl (C=O) groups is 1. The van der Waals surface area contributed by atoms with Crippen LogP contribution in [0.3, 0.4) is 0 Å². The van der Waals surface area contributed by atoms with Crippen molar-refractivity contribution in [2.75, 3.05) is 0 Å². The van der Waals surface area contributed by atoms with E-state index in [1.807, 2.05) is 0 Å². The number of carbonyl (C=O) groups excluding carboxylic acids is 1. The van der Waals surface area contributed by atoms with Gasteiger partial charge in [0.2, 0.25) is 0 Å². The predicted molar refractivity (Wildman–Crippen MR) is 66.2 cm³/mol. The lowest BCUT2D eigenvalue weighted by Gasteiger charge is -2.31. The van der Waals surface area contributed by atoms with Crippen molar-refractivity contribution in [2.24, 2.45) is 0 Å². The van der Waals surface area contributed by atoms with Gasteiger partial charge in [-0.3, -0.25) is 4.79 Å². The molecule has 0 spiro atoms. The number of aliphatic hydroxyl groups excluding tert-OH is 1. The summed E-state index contributed by atoms with van der Waals surface area (Å²) in [6.07, 6.45) is 1.08. The summed E-state index contributed by atoms with van der Waals surface area (Å²) in [6.45, 7) is 0. The Kier molecular flexibility index (Phi) is 3.49. The molecule has 2 rings (SSSR count). The van der Waals surface area contributed by atoms with Gasteiger partial charge < -0.3 is 10.4 Å². The molecule has 6 heteroatoms. The zero-order valence-corrected chi connectivity index (χ0v) is 11.7. The van der Waals surface area contributed by atoms with E-state index >= 15 is 0 Å². The zero-order chi connectivity index (χ0) is 11.0. The van der Waals surface area contributed by atoms with Crippen molar-refractivity contribution in [1.29, 1.82) is 0 Å². The molecule has 1 aliphatic carbocycles. The standard InChI is InChI=1S/C9H9Br2NO2S/c10-7-3-6(8(11)15-7)9(14)12-4-1-5(13)2-4/h3-5,13H,1-2H2,(H,12,14). The largest absolute Gasteiger partial charge is 0.393 e. The summed E-state index contributed by atoms with van der Waals surface area (Å²) >= 11 is 8.14. The molecule has 0 atom stereocenters. The Balaban J connectivity index is 1.99. The molecule has 82 valence electrons. The lowest BCUT2D eigenvalue weighted by molar-refractivity contribution is 0.0562. The van der Waals surface area contributed by atoms with Gasteiger partial charge in [0.25, 0.3) is 5.91 Å². The number of nitrogens with one attached hydrogen (secondary N) is 1. The Bertz CT molecular complexity index is 387. The molecule has 0 bridgehead atoms. The monoisotopic (exact) mass is 353 g/mol. The predicted octanol–water partition coefficient (Wildman–Crippen LogP) is 2.53. The van der Waals surface area contributed by atoms with Crippen LogP contribution in [0.25, 0.3) is 0 Å². The van der Waals surface area contributed by atoms with E-state index in [0.717, 1.165) is 7.57 Å². The average molecular weight is 355 g/mol. The molecule has 3 nitrogen and oxygen atoms in total. The first-order chi connectivity index (χ1) is 7.06. The van der Waals surface area contributed by atoms with Crippen LogP contribution in [0.1, 0.15) is 23.2 Å². The molecule has 1 saturated carbocycles. The van der Waals surface area contributed by atoms with Crippen molar-refractivity contribution < 1.29 is 9.90 Å². The highest BCUT2D eigenvalue weighted by molar-refractivity contribution is 9.12. The molecule has 0 aliphatic heterocycles. The van der Waals surface area contributed by atoms with Crippen LogP contribution >= 0.6 is 43.2 Å². The summed E-state index contributed by atoms with van der Waals surface area (Å²) in [5.74, 6) is -0.0827. The van der Waals surface area contributed by atoms with Gasteiger partial charge in [-0.05, 0) is 50.8 Å². The SMILES string of the molecule is O=C(NC1CC(O)C1)c1cc(Br)sc1Br. The second kappa shape index (κ2) is 4.53. The summed E-state index contributed by atoms with van der Waals surface area (Å²) in [5, 5.41) is 12.0. The Hall–Kier alpha value is 0.0900. The Morgan fingerprint density at radius 2 is 2.20 bits per heavy atom. The van der Waals surface area contributed by atoms with Crippen LogP contribution in [0, 0.1) is 0 Å². The van der Waals surface area contributed by atoms with Crippen molar-refractivity contribution in [2.45, 2.75) is 25.0 Å². The van der Waals surface area contributed by atoms with E-state index < -0.39 is 0 Å². The first kappa shape index (κ1) is 11.6. The number of halogens is 2. The quantitative estimate of drug-likeness (QED) is 0.857. The van der Waals surface area contributed by atoms with Crippen LogP contribution in [-0.4, -0.2) is 23.2 Å². The van der Waals surface area contributed by atoms with Gasteiger partial charge in [0, 0.05) is 6.04 Å². The molecule has 1 aromatic heterocycles. The second-order valence-corrected chi connectivity index (χ2v) is 7.28. The van der Waals surface area contributed by atoms with Gasteiger partial charge in [-0.25, -0.2) is 0 Å². The maximum absolute atomic E-state index is 11.8. The molecular weight excluding hydrogens is 346 g/mol. The van der Waals surface area contributed by atoms with E-state index in [2.05, 4.69) is 37.2 Å². The average Bonchev–Trinajstić information content (AvgIpc) is 2.42. The van der Waals surface area contributed by atoms with Crippen molar-refractivity contribution in [3.8, 4) is 0 Å². The van der Waals surface area contributed by atoms with Crippen molar-refractivity contribution in [3.63, 3.8) is 0 Å². The fourth-order valence-electron chi connectivity index (χ4n) is 1.46. The molecular formula is C9H9Br2NO2S. The fraction of sp³-hybridized carbons (Fsp3) is 0.444. The summed E-state index contributed by atoms with van der Waals surface area (Å²) < 4.78 is 1.75. The van der Waals surface area contributed by atoms with E-state index in [0.29, 0.717) is 18.4 Å². The van der Waals surface area contributed by atoms with E-state index in [9.17, 15) is 4.79 Å². The maximum Gasteiger partial charge on any atom is 0.253 e. The zero-order valence-electron chi connectivity index (χ0n) is 7.67. The molecule has 1 aromatic rings. The third-order valence-electron chi connectivity index (χ3n) is 2.35. The minimum absolute atomic E-state index is 0.0827. The summed E-state index contributed by atoms with van der Waals surface area (Å²) in [7, 11) is 0. The first-order valence-corrected chi connectivity index (χ1v) is 6.90. The van der Waals surface area contributed by atoms with Gasteiger partial charge in [0.15, 0.2) is 0 Å². The van der Waals surface area contributed by atoms with Gasteiger partial charge in [0.05, 0.1) is 19.2 Å². The number of hydrogen-bond donors (Lipinski definition) is 2. The molecule has 0 aromatic carbocycles. The molecule has 0 saturated heterocycles. The number of hydrogen-bond acceptors (Lipinski definition) is 3. The molecule has 1 heterocycles. The second-order valence-electron chi connectivity index (χ2n) is 3.53. The van der Waals surface area contributed by atoms with Crippen molar-refractivity contribution >= 4 is 49.1 Å². The number of amides is 1. The summed E-state index contributed by atoms with van der Waals surface area (Å²) in [5.41, 5.74) is 0.647. The Morgan fingerprint density at radius 3 is 2.67 bits per heavy atom. The summed E-state index contributed by atoms with van der Waals surface area (Å²) in [4.78, 5) is 11.8. The highest BCUT2D eigenvalue weighted by Gasteiger charge is 2.29. The van der Waals surface area contributed by atoms with E-state index in [-0.39, 0.29) is 18.1 Å². The highest BCUT2D eigenvalue weighted by atomic mass is 79.9. The van der Waals surface area contributed by atoms with Crippen molar-refractivity contribution in [1.82, 2.24) is 5.32 Å². The highest BCUT2D eigenvalue weighted by Crippen LogP contribution is 2.32. The van der Waals surface area contributed by atoms with E-state index in [4.69, 9.17) is 5.11 Å². The topological polar surface area (TPSA) is 49.3 Å². The van der Waals surface area contributed by atoms with Crippen LogP contribution in [0.4, 0.5) is 0 Å². The minimum Gasteiger partial charge on any atom is -0.393 e. The lowest BCUT2D eigenvalue weighted by Crippen LogP contribution is -2.46. The molecule has 2 N–H and O–H groups in total. The third kappa shape index (κ3) is 2.61. The van der Waals surface area contributed by atoms with Crippen LogP contribution in [0.15, 0.2) is 13.6 Å². The minimum atomic E-state index is -0.243. The molecule has 1 amide bonds. The normalized spacial score (nSPS) is 24.7. The van der Waals surface area contributed by atoms with Crippen LogP contribution < -0.4 is 5.32 Å². The van der Waals surface area contributed by atoms with Gasteiger partial charge in [-0.2, -0.15) is 0 Å². The smallest absolute Gasteiger partial charge is 0.253 e. The number of aliphatic hydroxyl groups is 1. The molecule has 15 heavy (non-hydrogen) atoms. The van der Waals surface area contributed by atoms with E-state index in [1.54, 1.807) is 6.07 Å². The molecule has 0 unspecified atom stereocenters.